The third kappa shape index (κ3) is 6.61. The summed E-state index contributed by atoms with van der Waals surface area (Å²) in [6, 6.07) is 13.8. The number of nitrogens with one attached hydrogen (secondary N) is 2. The number of para-hydroxylation sites is 1. The minimum Gasteiger partial charge on any atom is -0.451 e. The molecule has 0 unspecified atom stereocenters. The summed E-state index contributed by atoms with van der Waals surface area (Å²) in [6.07, 6.45) is -0.0648. The molecule has 2 aromatic rings. The van der Waals surface area contributed by atoms with E-state index in [2.05, 4.69) is 24.5 Å². The summed E-state index contributed by atoms with van der Waals surface area (Å²) in [6.45, 7) is 5.30. The van der Waals surface area contributed by atoms with Gasteiger partial charge in [0.25, 0.3) is 11.8 Å². The van der Waals surface area contributed by atoms with Crippen LogP contribution >= 0.6 is 11.6 Å². The zero-order valence-corrected chi connectivity index (χ0v) is 17.5. The number of carbonyl (C=O) groups is 3. The van der Waals surface area contributed by atoms with E-state index in [4.69, 9.17) is 16.3 Å². The summed E-state index contributed by atoms with van der Waals surface area (Å²) < 4.78 is 5.13. The highest BCUT2D eigenvalue weighted by Crippen LogP contribution is 2.26. The van der Waals surface area contributed by atoms with Crippen molar-refractivity contribution in [2.75, 3.05) is 11.9 Å². The topological polar surface area (TPSA) is 84.5 Å². The molecule has 0 radical (unpaired) electrons. The summed E-state index contributed by atoms with van der Waals surface area (Å²) in [5, 5.41) is 5.78. The number of esters is 1. The number of rotatable bonds is 8. The van der Waals surface area contributed by atoms with E-state index in [9.17, 15) is 14.4 Å². The summed E-state index contributed by atoms with van der Waals surface area (Å²) in [5.74, 6) is -1.28. The molecule has 2 atom stereocenters. The van der Waals surface area contributed by atoms with E-state index < -0.39 is 23.9 Å². The zero-order valence-electron chi connectivity index (χ0n) is 16.7. The first kappa shape index (κ1) is 22.4. The van der Waals surface area contributed by atoms with Crippen molar-refractivity contribution in [3.05, 3.63) is 64.7 Å². The van der Waals surface area contributed by atoms with E-state index in [-0.39, 0.29) is 12.5 Å². The maximum Gasteiger partial charge on any atom is 0.326 e. The molecule has 0 aliphatic heterocycles. The molecule has 0 aromatic heterocycles. The van der Waals surface area contributed by atoms with Crippen LogP contribution in [0.5, 0.6) is 0 Å². The Bertz CT molecular complexity index is 867. The van der Waals surface area contributed by atoms with Crippen molar-refractivity contribution in [3.8, 4) is 0 Å². The molecule has 2 amide bonds. The van der Waals surface area contributed by atoms with E-state index in [0.717, 1.165) is 12.0 Å². The Morgan fingerprint density at radius 2 is 1.69 bits per heavy atom. The third-order valence-electron chi connectivity index (χ3n) is 4.54. The second-order valence-electron chi connectivity index (χ2n) is 6.71. The van der Waals surface area contributed by atoms with Crippen LogP contribution < -0.4 is 10.6 Å². The maximum absolute atomic E-state index is 12.4. The monoisotopic (exact) mass is 416 g/mol. The Morgan fingerprint density at radius 3 is 2.34 bits per heavy atom. The van der Waals surface area contributed by atoms with Gasteiger partial charge in [0.05, 0.1) is 0 Å². The highest BCUT2D eigenvalue weighted by molar-refractivity contribution is 6.30. The van der Waals surface area contributed by atoms with Crippen molar-refractivity contribution >= 4 is 35.1 Å². The number of hydrogen-bond acceptors (Lipinski definition) is 4. The molecular weight excluding hydrogens is 392 g/mol. The summed E-state index contributed by atoms with van der Waals surface area (Å²) in [7, 11) is 0. The van der Waals surface area contributed by atoms with Crippen LogP contribution in [-0.2, 0) is 14.3 Å². The van der Waals surface area contributed by atoms with E-state index in [1.807, 2.05) is 24.3 Å². The van der Waals surface area contributed by atoms with Crippen LogP contribution in [0, 0.1) is 0 Å². The van der Waals surface area contributed by atoms with Crippen LogP contribution in [0.3, 0.4) is 0 Å². The van der Waals surface area contributed by atoms with Gasteiger partial charge in [-0.3, -0.25) is 14.4 Å². The van der Waals surface area contributed by atoms with E-state index in [0.29, 0.717) is 16.3 Å². The van der Waals surface area contributed by atoms with Crippen LogP contribution in [0.15, 0.2) is 48.5 Å². The largest absolute Gasteiger partial charge is 0.451 e. The molecule has 0 heterocycles. The lowest BCUT2D eigenvalue weighted by Crippen LogP contribution is -2.36. The summed E-state index contributed by atoms with van der Waals surface area (Å²) >= 11 is 5.78. The fraction of sp³-hybridized carbons (Fsp3) is 0.318. The van der Waals surface area contributed by atoms with Gasteiger partial charge < -0.3 is 15.4 Å². The number of benzene rings is 2. The van der Waals surface area contributed by atoms with Crippen molar-refractivity contribution in [3.63, 3.8) is 0 Å². The number of ether oxygens (including phenoxy) is 1. The van der Waals surface area contributed by atoms with E-state index in [1.54, 1.807) is 24.3 Å². The smallest absolute Gasteiger partial charge is 0.326 e. The van der Waals surface area contributed by atoms with Crippen LogP contribution in [0.4, 0.5) is 5.69 Å². The maximum atomic E-state index is 12.4. The van der Waals surface area contributed by atoms with Gasteiger partial charge in [0.2, 0.25) is 0 Å². The lowest BCUT2D eigenvalue weighted by Gasteiger charge is -2.18. The van der Waals surface area contributed by atoms with Crippen molar-refractivity contribution in [2.24, 2.45) is 0 Å². The molecule has 0 aliphatic carbocycles. The quantitative estimate of drug-likeness (QED) is 0.633. The fourth-order valence-electron chi connectivity index (χ4n) is 2.64. The highest BCUT2D eigenvalue weighted by atomic mass is 35.5. The molecule has 7 heteroatoms. The highest BCUT2D eigenvalue weighted by Gasteiger charge is 2.20. The van der Waals surface area contributed by atoms with Crippen LogP contribution in [0.2, 0.25) is 5.02 Å². The molecule has 0 saturated carbocycles. The van der Waals surface area contributed by atoms with Gasteiger partial charge in [-0.05, 0) is 55.2 Å². The Balaban J connectivity index is 1.87. The van der Waals surface area contributed by atoms with Crippen molar-refractivity contribution in [1.82, 2.24) is 5.32 Å². The second kappa shape index (κ2) is 10.6. The summed E-state index contributed by atoms with van der Waals surface area (Å²) in [5.41, 5.74) is 2.09. The molecule has 29 heavy (non-hydrogen) atoms. The Labute approximate surface area is 175 Å². The molecule has 0 bridgehead atoms. The molecule has 2 aromatic carbocycles. The molecular formula is C22H25ClN2O4. The molecule has 2 rings (SSSR count). The van der Waals surface area contributed by atoms with E-state index in [1.165, 1.54) is 6.92 Å². The SMILES string of the molecule is CC[C@@H](C)c1ccccc1NC(=O)[C@H](C)OC(=O)CNC(=O)c1ccc(Cl)cc1. The molecule has 0 spiro atoms. The van der Waals surface area contributed by atoms with Gasteiger partial charge in [-0.25, -0.2) is 0 Å². The molecule has 0 fully saturated rings. The second-order valence-corrected chi connectivity index (χ2v) is 7.14. The fourth-order valence-corrected chi connectivity index (χ4v) is 2.77. The van der Waals surface area contributed by atoms with Gasteiger partial charge in [0.15, 0.2) is 6.10 Å². The Morgan fingerprint density at radius 1 is 1.03 bits per heavy atom. The lowest BCUT2D eigenvalue weighted by atomic mass is 9.97. The van der Waals surface area contributed by atoms with Crippen LogP contribution in [0.1, 0.15) is 49.0 Å². The normalized spacial score (nSPS) is 12.6. The third-order valence-corrected chi connectivity index (χ3v) is 4.79. The molecule has 2 N–H and O–H groups in total. The number of amides is 2. The molecule has 0 saturated heterocycles. The Hall–Kier alpha value is -2.86. The predicted molar refractivity (Wildman–Crippen MR) is 113 cm³/mol. The van der Waals surface area contributed by atoms with Gasteiger partial charge >= 0.3 is 5.97 Å². The predicted octanol–water partition coefficient (Wildman–Crippen LogP) is 4.15. The molecule has 154 valence electrons. The first-order valence-corrected chi connectivity index (χ1v) is 9.82. The van der Waals surface area contributed by atoms with Gasteiger partial charge in [-0.15, -0.1) is 0 Å². The van der Waals surface area contributed by atoms with Gasteiger partial charge in [-0.2, -0.15) is 0 Å². The zero-order chi connectivity index (χ0) is 21.4. The number of carbonyl (C=O) groups excluding carboxylic acids is 3. The lowest BCUT2D eigenvalue weighted by molar-refractivity contribution is -0.152. The van der Waals surface area contributed by atoms with Crippen molar-refractivity contribution in [1.29, 1.82) is 0 Å². The Kier molecular flexibility index (Phi) is 8.21. The van der Waals surface area contributed by atoms with E-state index >= 15 is 0 Å². The minimum absolute atomic E-state index is 0.285. The summed E-state index contributed by atoms with van der Waals surface area (Å²) in [4.78, 5) is 36.4. The molecule has 0 aliphatic rings. The van der Waals surface area contributed by atoms with Crippen molar-refractivity contribution in [2.45, 2.75) is 39.2 Å². The van der Waals surface area contributed by atoms with Gasteiger partial charge in [0.1, 0.15) is 6.54 Å². The first-order valence-electron chi connectivity index (χ1n) is 9.44. The van der Waals surface area contributed by atoms with Crippen LogP contribution in [0.25, 0.3) is 0 Å². The number of halogens is 1. The van der Waals surface area contributed by atoms with Gasteiger partial charge in [0, 0.05) is 16.3 Å². The van der Waals surface area contributed by atoms with Crippen molar-refractivity contribution < 1.29 is 19.1 Å². The first-order chi connectivity index (χ1) is 13.8. The average molecular weight is 417 g/mol. The number of hydrogen-bond donors (Lipinski definition) is 2. The average Bonchev–Trinajstić information content (AvgIpc) is 2.72. The number of anilines is 1. The minimum atomic E-state index is -1.00. The van der Waals surface area contributed by atoms with Gasteiger partial charge in [-0.1, -0.05) is 43.6 Å². The van der Waals surface area contributed by atoms with Crippen LogP contribution in [-0.4, -0.2) is 30.4 Å². The standard InChI is InChI=1S/C22H25ClN2O4/c1-4-14(2)18-7-5-6-8-19(18)25-21(27)15(3)29-20(26)13-24-22(28)16-9-11-17(23)12-10-16/h5-12,14-15H,4,13H2,1-3H3,(H,24,28)(H,25,27)/t14-,15+/m1/s1. The molecule has 6 nitrogen and oxygen atoms in total.